The molecule has 1 aliphatic carbocycles. The zero-order valence-electron chi connectivity index (χ0n) is 13.2. The molecule has 0 amide bonds. The van der Waals surface area contributed by atoms with Crippen molar-refractivity contribution in [1.29, 1.82) is 0 Å². The van der Waals surface area contributed by atoms with E-state index in [1.807, 2.05) is 0 Å². The fourth-order valence-electron chi connectivity index (χ4n) is 2.97. The Balaban J connectivity index is 2.09. The second-order valence-electron chi connectivity index (χ2n) is 5.88. The highest BCUT2D eigenvalue weighted by molar-refractivity contribution is 5.25. The van der Waals surface area contributed by atoms with Crippen molar-refractivity contribution < 1.29 is 4.74 Å². The second kappa shape index (κ2) is 7.21. The number of hydrogen-bond acceptors (Lipinski definition) is 3. The Morgan fingerprint density at radius 3 is 2.45 bits per heavy atom. The molecule has 0 heterocycles. The smallest absolute Gasteiger partial charge is 0.0589 e. The van der Waals surface area contributed by atoms with Crippen molar-refractivity contribution in [3.05, 3.63) is 35.4 Å². The SMILES string of the molecule is CNC(c1ccc(C)cc1)C(C)N(CCOC)C1CC1. The standard InChI is InChI=1S/C17H28N2O/c1-13-5-7-15(8-6-13)17(18-3)14(2)19(11-12-20-4)16-9-10-16/h5-8,14,16-18H,9-12H2,1-4H3. The lowest BCUT2D eigenvalue weighted by Crippen LogP contribution is -2.44. The molecule has 2 atom stereocenters. The van der Waals surface area contributed by atoms with Gasteiger partial charge in [0.25, 0.3) is 0 Å². The van der Waals surface area contributed by atoms with Crippen molar-refractivity contribution in [3.8, 4) is 0 Å². The average Bonchev–Trinajstić information content (AvgIpc) is 3.27. The van der Waals surface area contributed by atoms with Gasteiger partial charge in [-0.25, -0.2) is 0 Å². The van der Waals surface area contributed by atoms with E-state index in [1.54, 1.807) is 7.11 Å². The Morgan fingerprint density at radius 1 is 1.30 bits per heavy atom. The van der Waals surface area contributed by atoms with Crippen LogP contribution in [0, 0.1) is 6.92 Å². The normalized spacial score (nSPS) is 18.2. The maximum atomic E-state index is 5.27. The summed E-state index contributed by atoms with van der Waals surface area (Å²) in [5.74, 6) is 0. The van der Waals surface area contributed by atoms with Crippen molar-refractivity contribution in [2.75, 3.05) is 27.3 Å². The van der Waals surface area contributed by atoms with Gasteiger partial charge in [0.05, 0.1) is 6.61 Å². The molecule has 1 saturated carbocycles. The van der Waals surface area contributed by atoms with Crippen LogP contribution in [0.15, 0.2) is 24.3 Å². The van der Waals surface area contributed by atoms with Gasteiger partial charge in [0, 0.05) is 31.8 Å². The number of benzene rings is 1. The number of nitrogens with one attached hydrogen (secondary N) is 1. The third-order valence-corrected chi connectivity index (χ3v) is 4.32. The van der Waals surface area contributed by atoms with E-state index in [1.165, 1.54) is 24.0 Å². The predicted molar refractivity (Wildman–Crippen MR) is 84.0 cm³/mol. The van der Waals surface area contributed by atoms with Crippen molar-refractivity contribution in [2.45, 2.75) is 44.8 Å². The maximum absolute atomic E-state index is 5.27. The van der Waals surface area contributed by atoms with Crippen LogP contribution in [0.3, 0.4) is 0 Å². The number of likely N-dealkylation sites (N-methyl/N-ethyl adjacent to an activating group) is 1. The largest absolute Gasteiger partial charge is 0.383 e. The monoisotopic (exact) mass is 276 g/mol. The molecule has 0 saturated heterocycles. The van der Waals surface area contributed by atoms with Gasteiger partial charge in [-0.05, 0) is 39.3 Å². The van der Waals surface area contributed by atoms with Crippen LogP contribution in [0.5, 0.6) is 0 Å². The molecule has 1 aromatic carbocycles. The Bertz CT molecular complexity index is 400. The van der Waals surface area contributed by atoms with Gasteiger partial charge in [-0.3, -0.25) is 4.90 Å². The van der Waals surface area contributed by atoms with E-state index < -0.39 is 0 Å². The molecule has 1 fully saturated rings. The number of methoxy groups -OCH3 is 1. The van der Waals surface area contributed by atoms with Crippen LogP contribution in [0.25, 0.3) is 0 Å². The molecule has 3 heteroatoms. The Hall–Kier alpha value is -0.900. The second-order valence-corrected chi connectivity index (χ2v) is 5.88. The van der Waals surface area contributed by atoms with Gasteiger partial charge in [-0.1, -0.05) is 29.8 Å². The lowest BCUT2D eigenvalue weighted by Gasteiger charge is -2.35. The zero-order valence-corrected chi connectivity index (χ0v) is 13.2. The molecule has 2 unspecified atom stereocenters. The number of ether oxygens (including phenoxy) is 1. The van der Waals surface area contributed by atoms with Crippen molar-refractivity contribution in [1.82, 2.24) is 10.2 Å². The van der Waals surface area contributed by atoms with Crippen molar-refractivity contribution in [2.24, 2.45) is 0 Å². The third-order valence-electron chi connectivity index (χ3n) is 4.32. The van der Waals surface area contributed by atoms with Crippen LogP contribution in [0.4, 0.5) is 0 Å². The fourth-order valence-corrected chi connectivity index (χ4v) is 2.97. The molecule has 0 aliphatic heterocycles. The molecule has 1 aliphatic rings. The maximum Gasteiger partial charge on any atom is 0.0589 e. The van der Waals surface area contributed by atoms with Gasteiger partial charge in [-0.2, -0.15) is 0 Å². The predicted octanol–water partition coefficient (Wildman–Crippen LogP) is 2.75. The Kier molecular flexibility index (Phi) is 5.58. The molecule has 0 aromatic heterocycles. The first-order valence-electron chi connectivity index (χ1n) is 7.66. The molecular formula is C17H28N2O. The molecule has 0 bridgehead atoms. The van der Waals surface area contributed by atoms with Crippen LogP contribution in [-0.4, -0.2) is 44.3 Å². The summed E-state index contributed by atoms with van der Waals surface area (Å²) in [7, 11) is 3.84. The quantitative estimate of drug-likeness (QED) is 0.790. The van der Waals surface area contributed by atoms with Crippen molar-refractivity contribution >= 4 is 0 Å². The van der Waals surface area contributed by atoms with Gasteiger partial charge < -0.3 is 10.1 Å². The fraction of sp³-hybridized carbons (Fsp3) is 0.647. The van der Waals surface area contributed by atoms with E-state index in [0.29, 0.717) is 12.1 Å². The summed E-state index contributed by atoms with van der Waals surface area (Å²) in [5.41, 5.74) is 2.68. The highest BCUT2D eigenvalue weighted by Gasteiger charge is 2.35. The van der Waals surface area contributed by atoms with Crippen LogP contribution in [0.2, 0.25) is 0 Å². The summed E-state index contributed by atoms with van der Waals surface area (Å²) < 4.78 is 5.27. The highest BCUT2D eigenvalue weighted by atomic mass is 16.5. The van der Waals surface area contributed by atoms with Gasteiger partial charge >= 0.3 is 0 Å². The van der Waals surface area contributed by atoms with Gasteiger partial charge in [0.2, 0.25) is 0 Å². The minimum atomic E-state index is 0.369. The first kappa shape index (κ1) is 15.5. The molecule has 0 radical (unpaired) electrons. The van der Waals surface area contributed by atoms with E-state index in [0.717, 1.165) is 19.2 Å². The lowest BCUT2D eigenvalue weighted by molar-refractivity contribution is 0.104. The van der Waals surface area contributed by atoms with Gasteiger partial charge in [-0.15, -0.1) is 0 Å². The molecule has 20 heavy (non-hydrogen) atoms. The summed E-state index contributed by atoms with van der Waals surface area (Å²) in [6.45, 7) is 6.29. The number of aryl methyl sites for hydroxylation is 1. The summed E-state index contributed by atoms with van der Waals surface area (Å²) in [6.07, 6.45) is 2.66. The first-order valence-corrected chi connectivity index (χ1v) is 7.66. The summed E-state index contributed by atoms with van der Waals surface area (Å²) in [6, 6.07) is 10.5. The molecule has 1 N–H and O–H groups in total. The van der Waals surface area contributed by atoms with Crippen LogP contribution in [0.1, 0.15) is 36.9 Å². The Morgan fingerprint density at radius 2 is 1.95 bits per heavy atom. The number of hydrogen-bond donors (Lipinski definition) is 1. The van der Waals surface area contributed by atoms with Crippen LogP contribution in [-0.2, 0) is 4.74 Å². The molecule has 1 aromatic rings. The molecule has 2 rings (SSSR count). The van der Waals surface area contributed by atoms with E-state index in [2.05, 4.69) is 55.4 Å². The number of nitrogens with zero attached hydrogens (tertiary/aromatic N) is 1. The van der Waals surface area contributed by atoms with E-state index in [9.17, 15) is 0 Å². The van der Waals surface area contributed by atoms with E-state index >= 15 is 0 Å². The van der Waals surface area contributed by atoms with E-state index in [-0.39, 0.29) is 0 Å². The summed E-state index contributed by atoms with van der Waals surface area (Å²) in [4.78, 5) is 2.60. The highest BCUT2D eigenvalue weighted by Crippen LogP contribution is 2.32. The van der Waals surface area contributed by atoms with E-state index in [4.69, 9.17) is 4.74 Å². The lowest BCUT2D eigenvalue weighted by atomic mass is 9.98. The minimum absolute atomic E-state index is 0.369. The minimum Gasteiger partial charge on any atom is -0.383 e. The topological polar surface area (TPSA) is 24.5 Å². The van der Waals surface area contributed by atoms with Crippen molar-refractivity contribution in [3.63, 3.8) is 0 Å². The molecule has 112 valence electrons. The number of rotatable bonds is 8. The molecular weight excluding hydrogens is 248 g/mol. The summed E-state index contributed by atoms with van der Waals surface area (Å²) >= 11 is 0. The molecule has 0 spiro atoms. The van der Waals surface area contributed by atoms with Crippen LogP contribution < -0.4 is 5.32 Å². The summed E-state index contributed by atoms with van der Waals surface area (Å²) in [5, 5.41) is 3.49. The Labute approximate surface area is 123 Å². The first-order chi connectivity index (χ1) is 9.67. The van der Waals surface area contributed by atoms with Gasteiger partial charge in [0.1, 0.15) is 0 Å². The molecule has 3 nitrogen and oxygen atoms in total. The third kappa shape index (κ3) is 3.81. The van der Waals surface area contributed by atoms with Gasteiger partial charge in [0.15, 0.2) is 0 Å². The zero-order chi connectivity index (χ0) is 14.5. The van der Waals surface area contributed by atoms with Crippen LogP contribution >= 0.6 is 0 Å². The average molecular weight is 276 g/mol.